The Balaban J connectivity index is 0.975. The first-order valence-electron chi connectivity index (χ1n) is 15.2. The topological polar surface area (TPSA) is 146 Å². The number of benzene rings is 6. The zero-order chi connectivity index (χ0) is 33.0. The van der Waals surface area contributed by atoms with Crippen molar-refractivity contribution >= 4 is 80.5 Å². The quantitative estimate of drug-likeness (QED) is 0.0807. The minimum absolute atomic E-state index is 0.191. The summed E-state index contributed by atoms with van der Waals surface area (Å²) in [5, 5.41) is 16.2. The van der Waals surface area contributed by atoms with Crippen molar-refractivity contribution in [3.8, 4) is 0 Å². The second-order valence-corrected chi connectivity index (χ2v) is 12.3. The fourth-order valence-electron chi connectivity index (χ4n) is 5.14. The second kappa shape index (κ2) is 13.1. The van der Waals surface area contributed by atoms with E-state index in [-0.39, 0.29) is 11.8 Å². The van der Waals surface area contributed by atoms with Gasteiger partial charge < -0.3 is 38.1 Å². The first-order chi connectivity index (χ1) is 23.3. The molecule has 0 saturated carbocycles. The van der Waals surface area contributed by atoms with E-state index in [2.05, 4.69) is 50.8 Å². The van der Waals surface area contributed by atoms with E-state index in [0.717, 1.165) is 43.9 Å². The Kier molecular flexibility index (Phi) is 8.29. The first kappa shape index (κ1) is 30.3. The molecule has 1 aliphatic heterocycles. The third kappa shape index (κ3) is 7.04. The SMILES string of the molecule is Nc1ccc(NC(=O)c2ccc(Nc3ccc4c(c3)Nc3cc(Nc5ccc(C(=O)Nc6ccc(N)cc6)cc5)ccc3S4)cc2)cc1. The van der Waals surface area contributed by atoms with Gasteiger partial charge in [-0.3, -0.25) is 9.59 Å². The van der Waals surface area contributed by atoms with E-state index in [9.17, 15) is 9.59 Å². The van der Waals surface area contributed by atoms with Crippen molar-refractivity contribution in [2.24, 2.45) is 0 Å². The van der Waals surface area contributed by atoms with E-state index in [4.69, 9.17) is 11.5 Å². The zero-order valence-electron chi connectivity index (χ0n) is 25.6. The summed E-state index contributed by atoms with van der Waals surface area (Å²) in [5.74, 6) is -0.382. The number of hydrogen-bond acceptors (Lipinski definition) is 8. The van der Waals surface area contributed by atoms with Gasteiger partial charge in [0.2, 0.25) is 0 Å². The maximum atomic E-state index is 12.7. The molecule has 9 nitrogen and oxygen atoms in total. The van der Waals surface area contributed by atoms with Gasteiger partial charge in [0.05, 0.1) is 11.4 Å². The minimum Gasteiger partial charge on any atom is -0.399 e. The molecule has 7 rings (SSSR count). The number of hydrogen-bond donors (Lipinski definition) is 7. The van der Waals surface area contributed by atoms with Crippen LogP contribution in [0.3, 0.4) is 0 Å². The number of nitrogen functional groups attached to an aromatic ring is 2. The van der Waals surface area contributed by atoms with E-state index in [1.165, 1.54) is 0 Å². The molecule has 0 unspecified atom stereocenters. The van der Waals surface area contributed by atoms with Gasteiger partial charge in [-0.05, 0) is 133 Å². The smallest absolute Gasteiger partial charge is 0.255 e. The average molecular weight is 650 g/mol. The molecule has 0 bridgehead atoms. The number of amides is 2. The summed E-state index contributed by atoms with van der Waals surface area (Å²) in [7, 11) is 0. The monoisotopic (exact) mass is 649 g/mol. The molecule has 0 aromatic heterocycles. The van der Waals surface area contributed by atoms with Gasteiger partial charge in [0.25, 0.3) is 11.8 Å². The van der Waals surface area contributed by atoms with Crippen molar-refractivity contribution in [2.45, 2.75) is 9.79 Å². The van der Waals surface area contributed by atoms with Gasteiger partial charge in [0.15, 0.2) is 0 Å². The lowest BCUT2D eigenvalue weighted by Crippen LogP contribution is -2.11. The van der Waals surface area contributed by atoms with E-state index >= 15 is 0 Å². The molecule has 0 aliphatic carbocycles. The van der Waals surface area contributed by atoms with Gasteiger partial charge in [-0.2, -0.15) is 0 Å². The predicted octanol–water partition coefficient (Wildman–Crippen LogP) is 9.05. The van der Waals surface area contributed by atoms with Crippen LogP contribution in [0.4, 0.5) is 56.9 Å². The van der Waals surface area contributed by atoms with Gasteiger partial charge in [-0.25, -0.2) is 0 Å². The third-order valence-electron chi connectivity index (χ3n) is 7.66. The molecule has 9 N–H and O–H groups in total. The van der Waals surface area contributed by atoms with Crippen molar-refractivity contribution in [1.29, 1.82) is 0 Å². The molecule has 1 aliphatic rings. The van der Waals surface area contributed by atoms with Crippen molar-refractivity contribution in [3.63, 3.8) is 0 Å². The number of anilines is 10. The highest BCUT2D eigenvalue weighted by Gasteiger charge is 2.17. The Hall–Kier alpha value is -6.39. The summed E-state index contributed by atoms with van der Waals surface area (Å²) in [4.78, 5) is 27.6. The van der Waals surface area contributed by atoms with Crippen LogP contribution >= 0.6 is 11.8 Å². The molecule has 10 heteroatoms. The molecule has 1 heterocycles. The summed E-state index contributed by atoms with van der Waals surface area (Å²) in [6, 6.07) is 41.1. The van der Waals surface area contributed by atoms with E-state index in [1.807, 2.05) is 36.4 Å². The van der Waals surface area contributed by atoms with Crippen LogP contribution in [0.2, 0.25) is 0 Å². The molecule has 0 spiro atoms. The number of nitrogens with two attached hydrogens (primary N) is 2. The maximum absolute atomic E-state index is 12.7. The fraction of sp³-hybridized carbons (Fsp3) is 0. The Morgan fingerprint density at radius 1 is 0.458 bits per heavy atom. The molecular formula is C38H31N7O2S. The molecule has 0 saturated heterocycles. The van der Waals surface area contributed by atoms with Crippen LogP contribution in [-0.2, 0) is 0 Å². The van der Waals surface area contributed by atoms with Gasteiger partial charge in [0.1, 0.15) is 0 Å². The number of carbonyl (C=O) groups excluding carboxylic acids is 2. The highest BCUT2D eigenvalue weighted by Crippen LogP contribution is 2.46. The fourth-order valence-corrected chi connectivity index (χ4v) is 6.08. The van der Waals surface area contributed by atoms with Gasteiger partial charge in [-0.15, -0.1) is 0 Å². The van der Waals surface area contributed by atoms with Gasteiger partial charge in [-0.1, -0.05) is 11.8 Å². The van der Waals surface area contributed by atoms with Crippen molar-refractivity contribution < 1.29 is 9.59 Å². The summed E-state index contributed by atoms with van der Waals surface area (Å²) in [5.41, 5.74) is 20.8. The number of nitrogens with one attached hydrogen (secondary N) is 5. The highest BCUT2D eigenvalue weighted by atomic mass is 32.2. The summed E-state index contributed by atoms with van der Waals surface area (Å²) >= 11 is 1.70. The standard InChI is InChI=1S/C38H31N7O2S/c39-25-5-13-29(14-6-25)43-37(46)23-1-9-27(10-2-23)41-31-17-19-35-33(21-31)45-34-22-32(18-20-36(34)48-35)42-28-11-3-24(4-12-28)38(47)44-30-15-7-26(40)8-16-30/h1-22,41-42,45H,39-40H2,(H,43,46)(H,44,47). The van der Waals surface area contributed by atoms with Crippen LogP contribution in [0, 0.1) is 0 Å². The van der Waals surface area contributed by atoms with Gasteiger partial charge >= 0.3 is 0 Å². The number of carbonyl (C=O) groups is 2. The molecular weight excluding hydrogens is 619 g/mol. The maximum Gasteiger partial charge on any atom is 0.255 e. The number of fused-ring (bicyclic) bond motifs is 2. The zero-order valence-corrected chi connectivity index (χ0v) is 26.4. The summed E-state index contributed by atoms with van der Waals surface area (Å²) in [6.45, 7) is 0. The molecule has 6 aromatic carbocycles. The largest absolute Gasteiger partial charge is 0.399 e. The van der Waals surface area contributed by atoms with E-state index in [0.29, 0.717) is 33.9 Å². The van der Waals surface area contributed by atoms with Crippen LogP contribution in [0.15, 0.2) is 143 Å². The Labute approximate surface area is 281 Å². The van der Waals surface area contributed by atoms with Crippen molar-refractivity contribution in [3.05, 3.63) is 145 Å². The van der Waals surface area contributed by atoms with Crippen LogP contribution < -0.4 is 38.1 Å². The van der Waals surface area contributed by atoms with Crippen molar-refractivity contribution in [1.82, 2.24) is 0 Å². The normalized spacial score (nSPS) is 11.3. The average Bonchev–Trinajstić information content (AvgIpc) is 3.10. The van der Waals surface area contributed by atoms with E-state index in [1.54, 1.807) is 84.6 Å². The minimum atomic E-state index is -0.191. The van der Waals surface area contributed by atoms with Crippen LogP contribution in [0.25, 0.3) is 0 Å². The lowest BCUT2D eigenvalue weighted by atomic mass is 10.1. The predicted molar refractivity (Wildman–Crippen MR) is 197 cm³/mol. The van der Waals surface area contributed by atoms with Crippen molar-refractivity contribution in [2.75, 3.05) is 38.1 Å². The first-order valence-corrected chi connectivity index (χ1v) is 16.0. The molecule has 48 heavy (non-hydrogen) atoms. The molecule has 236 valence electrons. The van der Waals surface area contributed by atoms with Crippen LogP contribution in [0.5, 0.6) is 0 Å². The lowest BCUT2D eigenvalue weighted by molar-refractivity contribution is 0.101. The molecule has 2 amide bonds. The van der Waals surface area contributed by atoms with Crippen LogP contribution in [-0.4, -0.2) is 11.8 Å². The number of rotatable bonds is 8. The highest BCUT2D eigenvalue weighted by molar-refractivity contribution is 7.99. The molecule has 6 aromatic rings. The summed E-state index contributed by atoms with van der Waals surface area (Å²) in [6.07, 6.45) is 0. The van der Waals surface area contributed by atoms with Crippen LogP contribution in [0.1, 0.15) is 20.7 Å². The molecule has 0 fully saturated rings. The Morgan fingerprint density at radius 2 is 0.812 bits per heavy atom. The Morgan fingerprint density at radius 3 is 1.21 bits per heavy atom. The van der Waals surface area contributed by atoms with Gasteiger partial charge in [0, 0.05) is 66.4 Å². The Bertz CT molecular complexity index is 1960. The second-order valence-electron chi connectivity index (χ2n) is 11.2. The van der Waals surface area contributed by atoms with E-state index < -0.39 is 0 Å². The lowest BCUT2D eigenvalue weighted by Gasteiger charge is -2.22. The summed E-state index contributed by atoms with van der Waals surface area (Å²) < 4.78 is 0. The molecule has 0 radical (unpaired) electrons. The third-order valence-corrected chi connectivity index (χ3v) is 8.81. The molecule has 0 atom stereocenters.